The van der Waals surface area contributed by atoms with E-state index in [-0.39, 0.29) is 23.3 Å². The first-order chi connectivity index (χ1) is 6.74. The number of halogens is 1. The number of aromatic nitrogens is 2. The predicted molar refractivity (Wildman–Crippen MR) is 52.2 cm³/mol. The van der Waals surface area contributed by atoms with Gasteiger partial charge in [-0.3, -0.25) is 4.79 Å². The first-order valence-electron chi connectivity index (χ1n) is 3.99. The van der Waals surface area contributed by atoms with Crippen LogP contribution < -0.4 is 5.32 Å². The number of methoxy groups -OCH3 is 1. The zero-order valence-corrected chi connectivity index (χ0v) is 8.41. The first-order valence-corrected chi connectivity index (χ1v) is 4.37. The van der Waals surface area contributed by atoms with Crippen molar-refractivity contribution < 1.29 is 9.53 Å². The molecule has 0 aliphatic carbocycles. The normalized spacial score (nSPS) is 9.86. The molecule has 0 saturated heterocycles. The smallest absolute Gasteiger partial charge is 0.227 e. The van der Waals surface area contributed by atoms with Crippen molar-refractivity contribution in [3.8, 4) is 0 Å². The van der Waals surface area contributed by atoms with Crippen LogP contribution in [0.2, 0.25) is 5.15 Å². The van der Waals surface area contributed by atoms with Gasteiger partial charge in [-0.1, -0.05) is 11.6 Å². The molecular weight excluding hydrogens is 206 g/mol. The second-order valence-corrected chi connectivity index (χ2v) is 2.84. The van der Waals surface area contributed by atoms with Gasteiger partial charge in [-0.15, -0.1) is 0 Å². The third-order valence-electron chi connectivity index (χ3n) is 1.44. The fourth-order valence-corrected chi connectivity index (χ4v) is 0.947. The van der Waals surface area contributed by atoms with E-state index < -0.39 is 0 Å². The van der Waals surface area contributed by atoms with Crippen molar-refractivity contribution in [2.75, 3.05) is 19.0 Å². The summed E-state index contributed by atoms with van der Waals surface area (Å²) in [5.41, 5.74) is 0. The monoisotopic (exact) mass is 215 g/mol. The molecule has 0 aromatic carbocycles. The van der Waals surface area contributed by atoms with Crippen LogP contribution in [0, 0.1) is 0 Å². The van der Waals surface area contributed by atoms with Gasteiger partial charge in [-0.2, -0.15) is 0 Å². The van der Waals surface area contributed by atoms with Crippen LogP contribution in [0.25, 0.3) is 0 Å². The van der Waals surface area contributed by atoms with Crippen LogP contribution in [-0.4, -0.2) is 29.6 Å². The summed E-state index contributed by atoms with van der Waals surface area (Å²) in [6.45, 7) is 0.365. The topological polar surface area (TPSA) is 64.1 Å². The van der Waals surface area contributed by atoms with Crippen LogP contribution in [-0.2, 0) is 9.53 Å². The molecule has 0 fully saturated rings. The molecule has 0 saturated carbocycles. The van der Waals surface area contributed by atoms with Gasteiger partial charge in [-0.05, 0) is 0 Å². The summed E-state index contributed by atoms with van der Waals surface area (Å²) in [4.78, 5) is 18.8. The van der Waals surface area contributed by atoms with E-state index in [1.165, 1.54) is 19.5 Å². The SMILES string of the molecule is COCCC(=O)Nc1nccnc1Cl. The minimum Gasteiger partial charge on any atom is -0.384 e. The zero-order chi connectivity index (χ0) is 10.4. The van der Waals surface area contributed by atoms with Crippen LogP contribution in [0.5, 0.6) is 0 Å². The molecule has 5 nitrogen and oxygen atoms in total. The number of carbonyl (C=O) groups excluding carboxylic acids is 1. The van der Waals surface area contributed by atoms with E-state index in [0.29, 0.717) is 6.61 Å². The molecule has 0 atom stereocenters. The van der Waals surface area contributed by atoms with Gasteiger partial charge in [0.1, 0.15) is 0 Å². The fraction of sp³-hybridized carbons (Fsp3) is 0.375. The van der Waals surface area contributed by atoms with E-state index in [0.717, 1.165) is 0 Å². The zero-order valence-electron chi connectivity index (χ0n) is 7.66. The van der Waals surface area contributed by atoms with E-state index in [2.05, 4.69) is 15.3 Å². The third kappa shape index (κ3) is 3.27. The second-order valence-electron chi connectivity index (χ2n) is 2.49. The van der Waals surface area contributed by atoms with Crippen molar-refractivity contribution in [1.82, 2.24) is 9.97 Å². The number of anilines is 1. The van der Waals surface area contributed by atoms with Crippen molar-refractivity contribution >= 4 is 23.3 Å². The quantitative estimate of drug-likeness (QED) is 0.817. The van der Waals surface area contributed by atoms with Gasteiger partial charge in [-0.25, -0.2) is 9.97 Å². The molecule has 1 aromatic heterocycles. The summed E-state index contributed by atoms with van der Waals surface area (Å²) >= 11 is 5.68. The number of carbonyl (C=O) groups is 1. The predicted octanol–water partition coefficient (Wildman–Crippen LogP) is 1.10. The van der Waals surface area contributed by atoms with Crippen LogP contribution in [0.1, 0.15) is 6.42 Å². The fourth-order valence-electron chi connectivity index (χ4n) is 0.794. The van der Waals surface area contributed by atoms with E-state index in [1.807, 2.05) is 0 Å². The molecule has 0 aliphatic heterocycles. The molecule has 0 bridgehead atoms. The standard InChI is InChI=1S/C8H10ClN3O2/c1-14-5-2-6(13)12-8-7(9)10-3-4-11-8/h3-4H,2,5H2,1H3,(H,11,12,13). The summed E-state index contributed by atoms with van der Waals surface area (Å²) in [6.07, 6.45) is 3.17. The summed E-state index contributed by atoms with van der Waals surface area (Å²) in [6, 6.07) is 0. The maximum atomic E-state index is 11.2. The summed E-state index contributed by atoms with van der Waals surface area (Å²) < 4.78 is 4.75. The molecule has 76 valence electrons. The van der Waals surface area contributed by atoms with Crippen molar-refractivity contribution in [2.45, 2.75) is 6.42 Å². The van der Waals surface area contributed by atoms with Gasteiger partial charge >= 0.3 is 0 Å². The molecule has 1 heterocycles. The Kier molecular flexibility index (Phi) is 4.28. The van der Waals surface area contributed by atoms with Crippen molar-refractivity contribution in [2.24, 2.45) is 0 Å². The van der Waals surface area contributed by atoms with Crippen LogP contribution in [0.3, 0.4) is 0 Å². The molecule has 1 aromatic rings. The Morgan fingerprint density at radius 3 is 2.93 bits per heavy atom. The van der Waals surface area contributed by atoms with Crippen LogP contribution in [0.4, 0.5) is 5.82 Å². The van der Waals surface area contributed by atoms with Crippen molar-refractivity contribution in [3.63, 3.8) is 0 Å². The minimum absolute atomic E-state index is 0.179. The van der Waals surface area contributed by atoms with Crippen LogP contribution in [0.15, 0.2) is 12.4 Å². The van der Waals surface area contributed by atoms with Gasteiger partial charge < -0.3 is 10.1 Å². The molecular formula is C8H10ClN3O2. The molecule has 0 spiro atoms. The highest BCUT2D eigenvalue weighted by Gasteiger charge is 2.06. The Morgan fingerprint density at radius 1 is 1.57 bits per heavy atom. The molecule has 1 amide bonds. The average molecular weight is 216 g/mol. The van der Waals surface area contributed by atoms with Gasteiger partial charge in [0.05, 0.1) is 13.0 Å². The molecule has 1 rings (SSSR count). The Bertz CT molecular complexity index is 319. The lowest BCUT2D eigenvalue weighted by Crippen LogP contribution is -2.15. The van der Waals surface area contributed by atoms with Gasteiger partial charge in [0, 0.05) is 19.5 Å². The summed E-state index contributed by atoms with van der Waals surface area (Å²) in [7, 11) is 1.53. The highest BCUT2D eigenvalue weighted by atomic mass is 35.5. The van der Waals surface area contributed by atoms with Gasteiger partial charge in [0.2, 0.25) is 5.91 Å². The number of amides is 1. The Labute approximate surface area is 86.5 Å². The van der Waals surface area contributed by atoms with Crippen molar-refractivity contribution in [1.29, 1.82) is 0 Å². The molecule has 6 heteroatoms. The van der Waals surface area contributed by atoms with Gasteiger partial charge in [0.15, 0.2) is 11.0 Å². The summed E-state index contributed by atoms with van der Waals surface area (Å²) in [5, 5.41) is 2.70. The van der Waals surface area contributed by atoms with Crippen molar-refractivity contribution in [3.05, 3.63) is 17.5 Å². The minimum atomic E-state index is -0.200. The highest BCUT2D eigenvalue weighted by molar-refractivity contribution is 6.32. The number of hydrogen-bond acceptors (Lipinski definition) is 4. The summed E-state index contributed by atoms with van der Waals surface area (Å²) in [5.74, 6) is 0.0736. The molecule has 0 unspecified atom stereocenters. The molecule has 0 radical (unpaired) electrons. The maximum Gasteiger partial charge on any atom is 0.227 e. The second kappa shape index (κ2) is 5.51. The Balaban J connectivity index is 2.52. The molecule has 0 aliphatic rings. The van der Waals surface area contributed by atoms with E-state index >= 15 is 0 Å². The van der Waals surface area contributed by atoms with Gasteiger partial charge in [0.25, 0.3) is 0 Å². The number of nitrogens with one attached hydrogen (secondary N) is 1. The lowest BCUT2D eigenvalue weighted by atomic mass is 10.4. The number of ether oxygens (including phenoxy) is 1. The number of rotatable bonds is 4. The van der Waals surface area contributed by atoms with E-state index in [4.69, 9.17) is 16.3 Å². The Hall–Kier alpha value is -1.20. The molecule has 1 N–H and O–H groups in total. The number of hydrogen-bond donors (Lipinski definition) is 1. The first kappa shape index (κ1) is 10.9. The molecule has 14 heavy (non-hydrogen) atoms. The largest absolute Gasteiger partial charge is 0.384 e. The third-order valence-corrected chi connectivity index (χ3v) is 1.72. The van der Waals surface area contributed by atoms with E-state index in [9.17, 15) is 4.79 Å². The Morgan fingerprint density at radius 2 is 2.29 bits per heavy atom. The maximum absolute atomic E-state index is 11.2. The average Bonchev–Trinajstić information content (AvgIpc) is 2.18. The van der Waals surface area contributed by atoms with Crippen LogP contribution >= 0.6 is 11.6 Å². The highest BCUT2D eigenvalue weighted by Crippen LogP contribution is 2.13. The van der Waals surface area contributed by atoms with E-state index in [1.54, 1.807) is 0 Å². The lowest BCUT2D eigenvalue weighted by molar-refractivity contribution is -0.117. The lowest BCUT2D eigenvalue weighted by Gasteiger charge is -2.03. The number of nitrogens with zero attached hydrogens (tertiary/aromatic N) is 2.